The molecule has 0 aliphatic rings. The van der Waals surface area contributed by atoms with Gasteiger partial charge in [-0.3, -0.25) is 4.79 Å². The molecule has 0 bridgehead atoms. The Morgan fingerprint density at radius 1 is 1.00 bits per heavy atom. The summed E-state index contributed by atoms with van der Waals surface area (Å²) in [6.07, 6.45) is -0.620. The quantitative estimate of drug-likeness (QED) is 0.321. The zero-order chi connectivity index (χ0) is 17.1. The van der Waals surface area contributed by atoms with Gasteiger partial charge in [0.2, 0.25) is 0 Å². The van der Waals surface area contributed by atoms with Gasteiger partial charge >= 0.3 is 5.97 Å². The topological polar surface area (TPSA) is 70.9 Å². The standard InChI is InChI=1S/C19H17NO4/c1-12(21)24-11-13-3-4-14-9-17-10-18(20-19(22)23-2)6-5-15(17)8-16(14)7-13/h3-10H,11H2,1-2H3,(H,20,22)/p-1. The van der Waals surface area contributed by atoms with Gasteiger partial charge in [-0.1, -0.05) is 18.2 Å². The summed E-state index contributed by atoms with van der Waals surface area (Å²) in [7, 11) is 1.30. The van der Waals surface area contributed by atoms with Gasteiger partial charge in [0.1, 0.15) is 6.61 Å². The average Bonchev–Trinajstić information content (AvgIpc) is 2.57. The number of esters is 1. The van der Waals surface area contributed by atoms with E-state index in [0.717, 1.165) is 27.1 Å². The van der Waals surface area contributed by atoms with Crippen LogP contribution in [-0.2, 0) is 20.9 Å². The van der Waals surface area contributed by atoms with E-state index in [0.29, 0.717) is 5.69 Å². The molecular weight excluding hydrogens is 306 g/mol. The van der Waals surface area contributed by atoms with Crippen molar-refractivity contribution in [2.45, 2.75) is 13.5 Å². The van der Waals surface area contributed by atoms with Crippen LogP contribution in [0.3, 0.4) is 0 Å². The number of aliphatic imine (C=N–C) groups is 1. The first-order chi connectivity index (χ1) is 11.5. The molecule has 0 aromatic heterocycles. The molecule has 0 spiro atoms. The second-order valence-electron chi connectivity index (χ2n) is 5.43. The molecule has 0 heterocycles. The molecule has 3 rings (SSSR count). The third kappa shape index (κ3) is 3.46. The van der Waals surface area contributed by atoms with Gasteiger partial charge in [-0.05, 0) is 64.5 Å². The van der Waals surface area contributed by atoms with Crippen molar-refractivity contribution < 1.29 is 19.4 Å². The molecule has 3 aromatic carbocycles. The molecule has 0 N–H and O–H groups in total. The summed E-state index contributed by atoms with van der Waals surface area (Å²) in [5.74, 6) is -0.296. The van der Waals surface area contributed by atoms with Crippen LogP contribution < -0.4 is 5.11 Å². The number of ether oxygens (including phenoxy) is 2. The van der Waals surface area contributed by atoms with Gasteiger partial charge in [-0.15, -0.1) is 0 Å². The molecule has 122 valence electrons. The summed E-state index contributed by atoms with van der Waals surface area (Å²) < 4.78 is 9.58. The number of carbonyl (C=O) groups excluding carboxylic acids is 1. The first-order valence-corrected chi connectivity index (χ1v) is 7.44. The number of carbonyl (C=O) groups is 1. The van der Waals surface area contributed by atoms with Gasteiger partial charge in [0.25, 0.3) is 0 Å². The van der Waals surface area contributed by atoms with E-state index in [-0.39, 0.29) is 12.6 Å². The number of benzene rings is 3. The summed E-state index contributed by atoms with van der Waals surface area (Å²) in [6, 6.07) is 15.5. The lowest BCUT2D eigenvalue weighted by Crippen LogP contribution is -2.18. The maximum absolute atomic E-state index is 11.3. The lowest BCUT2D eigenvalue weighted by molar-refractivity contribution is -0.247. The highest BCUT2D eigenvalue weighted by atomic mass is 16.6. The third-order valence-electron chi connectivity index (χ3n) is 3.68. The molecule has 5 heteroatoms. The Kier molecular flexibility index (Phi) is 4.33. The molecule has 0 aliphatic carbocycles. The minimum atomic E-state index is -0.620. The van der Waals surface area contributed by atoms with Gasteiger partial charge in [0.05, 0.1) is 5.69 Å². The monoisotopic (exact) mass is 322 g/mol. The number of nitrogens with zero attached hydrogens (tertiary/aromatic N) is 1. The van der Waals surface area contributed by atoms with Crippen molar-refractivity contribution in [2.75, 3.05) is 7.11 Å². The van der Waals surface area contributed by atoms with Crippen LogP contribution in [0, 0.1) is 0 Å². The van der Waals surface area contributed by atoms with Crippen LogP contribution in [0.5, 0.6) is 0 Å². The zero-order valence-corrected chi connectivity index (χ0v) is 13.4. The molecule has 0 fully saturated rings. The molecule has 5 nitrogen and oxygen atoms in total. The Morgan fingerprint density at radius 2 is 1.67 bits per heavy atom. The van der Waals surface area contributed by atoms with Crippen LogP contribution in [-0.4, -0.2) is 19.2 Å². The van der Waals surface area contributed by atoms with Crippen LogP contribution in [0.15, 0.2) is 53.5 Å². The number of fused-ring (bicyclic) bond motifs is 2. The number of rotatable bonds is 3. The maximum atomic E-state index is 11.3. The minimum absolute atomic E-state index is 0.264. The van der Waals surface area contributed by atoms with E-state index >= 15 is 0 Å². The molecule has 24 heavy (non-hydrogen) atoms. The molecular formula is C19H16NO4-. The van der Waals surface area contributed by atoms with Crippen LogP contribution in [0.25, 0.3) is 21.5 Å². The third-order valence-corrected chi connectivity index (χ3v) is 3.68. The Hall–Kier alpha value is -3.08. The van der Waals surface area contributed by atoms with E-state index in [1.165, 1.54) is 14.0 Å². The van der Waals surface area contributed by atoms with E-state index in [1.807, 2.05) is 36.4 Å². The van der Waals surface area contributed by atoms with Crippen molar-refractivity contribution in [3.63, 3.8) is 0 Å². The van der Waals surface area contributed by atoms with Crippen LogP contribution in [0.4, 0.5) is 5.69 Å². The molecule has 0 atom stereocenters. The Bertz CT molecular complexity index is 947. The Labute approximate surface area is 139 Å². The lowest BCUT2D eigenvalue weighted by Gasteiger charge is -2.08. The summed E-state index contributed by atoms with van der Waals surface area (Å²) >= 11 is 0. The van der Waals surface area contributed by atoms with E-state index in [9.17, 15) is 9.90 Å². The number of hydrogen-bond donors (Lipinski definition) is 0. The van der Waals surface area contributed by atoms with Gasteiger partial charge in [0.15, 0.2) is 6.08 Å². The van der Waals surface area contributed by atoms with Gasteiger partial charge in [-0.25, -0.2) is 4.99 Å². The SMILES string of the molecule is COC([O-])=Nc1ccc2cc3cc(COC(C)=O)ccc3cc2c1. The average molecular weight is 322 g/mol. The lowest BCUT2D eigenvalue weighted by atomic mass is 10.0. The van der Waals surface area contributed by atoms with E-state index in [1.54, 1.807) is 6.07 Å². The van der Waals surface area contributed by atoms with Crippen molar-refractivity contribution in [1.82, 2.24) is 0 Å². The molecule has 0 radical (unpaired) electrons. The highest BCUT2D eigenvalue weighted by molar-refractivity contribution is 5.99. The largest absolute Gasteiger partial charge is 0.603 e. The molecule has 0 saturated heterocycles. The van der Waals surface area contributed by atoms with Crippen LogP contribution >= 0.6 is 0 Å². The predicted molar refractivity (Wildman–Crippen MR) is 91.0 cm³/mol. The first kappa shape index (κ1) is 15.8. The summed E-state index contributed by atoms with van der Waals surface area (Å²) in [5.41, 5.74) is 1.49. The second kappa shape index (κ2) is 6.58. The van der Waals surface area contributed by atoms with Crippen LogP contribution in [0.1, 0.15) is 12.5 Å². The zero-order valence-electron chi connectivity index (χ0n) is 13.4. The number of hydrogen-bond acceptors (Lipinski definition) is 5. The van der Waals surface area contributed by atoms with Crippen molar-refractivity contribution in [3.05, 3.63) is 54.1 Å². The molecule has 3 aromatic rings. The first-order valence-electron chi connectivity index (χ1n) is 7.44. The molecule has 0 unspecified atom stereocenters. The fourth-order valence-corrected chi connectivity index (χ4v) is 2.53. The second-order valence-corrected chi connectivity index (χ2v) is 5.43. The molecule has 0 aliphatic heterocycles. The predicted octanol–water partition coefficient (Wildman–Crippen LogP) is 3.05. The maximum Gasteiger partial charge on any atom is 0.302 e. The summed E-state index contributed by atoms with van der Waals surface area (Å²) in [5, 5.41) is 15.4. The van der Waals surface area contributed by atoms with Crippen LogP contribution in [0.2, 0.25) is 0 Å². The Balaban J connectivity index is 2.01. The smallest absolute Gasteiger partial charge is 0.302 e. The van der Waals surface area contributed by atoms with Gasteiger partial charge < -0.3 is 14.6 Å². The van der Waals surface area contributed by atoms with E-state index < -0.39 is 6.08 Å². The summed E-state index contributed by atoms with van der Waals surface area (Å²) in [6.45, 7) is 1.66. The normalized spacial score (nSPS) is 11.7. The van der Waals surface area contributed by atoms with Crippen molar-refractivity contribution in [1.29, 1.82) is 0 Å². The van der Waals surface area contributed by atoms with Gasteiger partial charge in [-0.2, -0.15) is 0 Å². The highest BCUT2D eigenvalue weighted by Crippen LogP contribution is 2.27. The van der Waals surface area contributed by atoms with Crippen molar-refractivity contribution in [3.8, 4) is 0 Å². The molecule has 0 saturated carbocycles. The minimum Gasteiger partial charge on any atom is -0.603 e. The van der Waals surface area contributed by atoms with E-state index in [4.69, 9.17) is 4.74 Å². The van der Waals surface area contributed by atoms with Gasteiger partial charge in [0, 0.05) is 6.92 Å². The fourth-order valence-electron chi connectivity index (χ4n) is 2.53. The number of methoxy groups -OCH3 is 1. The van der Waals surface area contributed by atoms with E-state index in [2.05, 4.69) is 15.8 Å². The fraction of sp³-hybridized carbons (Fsp3) is 0.158. The highest BCUT2D eigenvalue weighted by Gasteiger charge is 2.03. The van der Waals surface area contributed by atoms with Crippen molar-refractivity contribution in [2.24, 2.45) is 4.99 Å². The van der Waals surface area contributed by atoms with Crippen molar-refractivity contribution >= 4 is 39.3 Å². The Morgan fingerprint density at radius 3 is 2.33 bits per heavy atom. The molecule has 0 amide bonds. The summed E-state index contributed by atoms with van der Waals surface area (Å²) in [4.78, 5) is 14.8.